The first-order valence-electron chi connectivity index (χ1n) is 11.5. The number of hydrogen-bond acceptors (Lipinski definition) is 7. The second kappa shape index (κ2) is 9.49. The molecular weight excluding hydrogens is 462 g/mol. The van der Waals surface area contributed by atoms with Crippen LogP contribution in [0.4, 0.5) is 10.5 Å². The zero-order valence-electron chi connectivity index (χ0n) is 21.2. The van der Waals surface area contributed by atoms with E-state index in [1.165, 1.54) is 30.9 Å². The van der Waals surface area contributed by atoms with Gasteiger partial charge in [0.2, 0.25) is 0 Å². The van der Waals surface area contributed by atoms with E-state index >= 15 is 0 Å². The van der Waals surface area contributed by atoms with Crippen LogP contribution in [0.5, 0.6) is 5.75 Å². The third kappa shape index (κ3) is 4.56. The molecule has 3 aromatic rings. The molecule has 0 bridgehead atoms. The Morgan fingerprint density at radius 3 is 2.42 bits per heavy atom. The molecular formula is C27H29N3O6. The van der Waals surface area contributed by atoms with Gasteiger partial charge in [0.05, 0.1) is 31.3 Å². The molecule has 0 spiro atoms. The summed E-state index contributed by atoms with van der Waals surface area (Å²) in [5.74, 6) is -0.0652. The summed E-state index contributed by atoms with van der Waals surface area (Å²) in [6.07, 6.45) is -0.0875. The van der Waals surface area contributed by atoms with E-state index < -0.39 is 17.7 Å². The van der Waals surface area contributed by atoms with Crippen molar-refractivity contribution in [2.45, 2.75) is 39.7 Å². The summed E-state index contributed by atoms with van der Waals surface area (Å²) in [5, 5.41) is 0. The van der Waals surface area contributed by atoms with E-state index in [0.29, 0.717) is 47.0 Å². The molecule has 188 valence electrons. The van der Waals surface area contributed by atoms with Gasteiger partial charge >= 0.3 is 12.1 Å². The SMILES string of the molecule is COC(=O)c1ccc(C(=O)N2CCc3nc(C)n(C(=O)OC(C)(C)C)c3-c3ccccc32)cc1OC. The second-order valence-corrected chi connectivity index (χ2v) is 9.40. The minimum atomic E-state index is -0.678. The molecule has 1 amide bonds. The van der Waals surface area contributed by atoms with E-state index in [2.05, 4.69) is 4.98 Å². The number of aromatic nitrogens is 2. The van der Waals surface area contributed by atoms with Crippen LogP contribution in [0.2, 0.25) is 0 Å². The van der Waals surface area contributed by atoms with E-state index in [0.717, 1.165) is 0 Å². The zero-order valence-corrected chi connectivity index (χ0v) is 21.2. The summed E-state index contributed by atoms with van der Waals surface area (Å²) in [7, 11) is 2.71. The summed E-state index contributed by atoms with van der Waals surface area (Å²) in [5.41, 5.74) is 2.56. The van der Waals surface area contributed by atoms with E-state index in [1.807, 2.05) is 45.0 Å². The number of anilines is 1. The third-order valence-electron chi connectivity index (χ3n) is 5.81. The summed E-state index contributed by atoms with van der Waals surface area (Å²) < 4.78 is 17.3. The number of esters is 1. The molecule has 0 N–H and O–H groups in total. The molecule has 0 atom stereocenters. The average Bonchev–Trinajstić information content (AvgIpc) is 3.09. The van der Waals surface area contributed by atoms with Crippen molar-refractivity contribution in [3.05, 3.63) is 65.1 Å². The molecule has 2 heterocycles. The summed E-state index contributed by atoms with van der Waals surface area (Å²) >= 11 is 0. The monoisotopic (exact) mass is 491 g/mol. The fourth-order valence-electron chi connectivity index (χ4n) is 4.29. The Morgan fingerprint density at radius 1 is 1.03 bits per heavy atom. The van der Waals surface area contributed by atoms with Gasteiger partial charge in [-0.15, -0.1) is 0 Å². The van der Waals surface area contributed by atoms with Crippen molar-refractivity contribution >= 4 is 23.7 Å². The van der Waals surface area contributed by atoms with Crippen LogP contribution >= 0.6 is 0 Å². The highest BCUT2D eigenvalue weighted by molar-refractivity contribution is 6.09. The number of aryl methyl sites for hydroxylation is 1. The van der Waals surface area contributed by atoms with Crippen LogP contribution in [-0.2, 0) is 15.9 Å². The standard InChI is InChI=1S/C27H29N3O6/c1-16-28-20-13-14-29(24(31)17-11-12-19(25(32)35-6)22(15-17)34-5)21-10-8-7-9-18(21)23(20)30(16)26(33)36-27(2,3)4/h7-12,15H,13-14H2,1-6H3. The number of ether oxygens (including phenoxy) is 3. The van der Waals surface area contributed by atoms with Gasteiger partial charge in [0.15, 0.2) is 0 Å². The fourth-order valence-corrected chi connectivity index (χ4v) is 4.29. The first-order chi connectivity index (χ1) is 17.1. The van der Waals surface area contributed by atoms with Gasteiger partial charge in [0.1, 0.15) is 22.7 Å². The highest BCUT2D eigenvalue weighted by Crippen LogP contribution is 2.38. The minimum absolute atomic E-state index is 0.228. The number of rotatable bonds is 3. The second-order valence-electron chi connectivity index (χ2n) is 9.40. The Balaban J connectivity index is 1.79. The molecule has 2 aromatic carbocycles. The molecule has 9 nitrogen and oxygen atoms in total. The van der Waals surface area contributed by atoms with Gasteiger partial charge in [0, 0.05) is 24.1 Å². The smallest absolute Gasteiger partial charge is 0.420 e. The number of amides is 1. The lowest BCUT2D eigenvalue weighted by Crippen LogP contribution is -2.32. The van der Waals surface area contributed by atoms with Crippen molar-refractivity contribution < 1.29 is 28.6 Å². The van der Waals surface area contributed by atoms with Crippen LogP contribution in [0.25, 0.3) is 11.3 Å². The average molecular weight is 492 g/mol. The Kier molecular flexibility index (Phi) is 6.58. The van der Waals surface area contributed by atoms with Crippen LogP contribution in [-0.4, -0.2) is 53.9 Å². The van der Waals surface area contributed by atoms with Crippen molar-refractivity contribution in [1.29, 1.82) is 0 Å². The van der Waals surface area contributed by atoms with Gasteiger partial charge in [-0.05, 0) is 52.0 Å². The topological polar surface area (TPSA) is 100.0 Å². The van der Waals surface area contributed by atoms with Gasteiger partial charge in [-0.1, -0.05) is 18.2 Å². The summed E-state index contributed by atoms with van der Waals surface area (Å²) in [6.45, 7) is 7.53. The molecule has 0 saturated carbocycles. The van der Waals surface area contributed by atoms with E-state index in [1.54, 1.807) is 17.9 Å². The maximum atomic E-state index is 13.7. The van der Waals surface area contributed by atoms with Crippen molar-refractivity contribution in [2.75, 3.05) is 25.7 Å². The third-order valence-corrected chi connectivity index (χ3v) is 5.81. The lowest BCUT2D eigenvalue weighted by molar-refractivity contribution is 0.0534. The number of carbonyl (C=O) groups excluding carboxylic acids is 3. The Hall–Kier alpha value is -4.14. The van der Waals surface area contributed by atoms with E-state index in [4.69, 9.17) is 14.2 Å². The van der Waals surface area contributed by atoms with Gasteiger partial charge in [-0.25, -0.2) is 19.1 Å². The number of nitrogens with zero attached hydrogens (tertiary/aromatic N) is 3. The van der Waals surface area contributed by atoms with Crippen molar-refractivity contribution in [1.82, 2.24) is 9.55 Å². The Bertz CT molecular complexity index is 1350. The van der Waals surface area contributed by atoms with Gasteiger partial charge in [0.25, 0.3) is 5.91 Å². The van der Waals surface area contributed by atoms with Crippen LogP contribution in [0, 0.1) is 6.92 Å². The molecule has 1 aliphatic heterocycles. The number of fused-ring (bicyclic) bond motifs is 3. The maximum Gasteiger partial charge on any atom is 0.420 e. The number of imidazole rings is 1. The number of hydrogen-bond donors (Lipinski definition) is 0. The molecule has 1 aromatic heterocycles. The number of benzene rings is 2. The van der Waals surface area contributed by atoms with Gasteiger partial charge in [-0.3, -0.25) is 4.79 Å². The van der Waals surface area contributed by atoms with Crippen molar-refractivity contribution in [3.63, 3.8) is 0 Å². The first-order valence-corrected chi connectivity index (χ1v) is 11.5. The van der Waals surface area contributed by atoms with Crippen LogP contribution in [0.15, 0.2) is 42.5 Å². The number of para-hydroxylation sites is 1. The Labute approximate surface area is 209 Å². The summed E-state index contributed by atoms with van der Waals surface area (Å²) in [4.78, 5) is 45.2. The Morgan fingerprint density at radius 2 is 1.75 bits per heavy atom. The molecule has 36 heavy (non-hydrogen) atoms. The van der Waals surface area contributed by atoms with E-state index in [9.17, 15) is 14.4 Å². The molecule has 0 aliphatic carbocycles. The number of methoxy groups -OCH3 is 2. The molecule has 0 radical (unpaired) electrons. The van der Waals surface area contributed by atoms with Gasteiger partial charge < -0.3 is 19.1 Å². The predicted molar refractivity (Wildman–Crippen MR) is 134 cm³/mol. The molecule has 9 heteroatoms. The fraction of sp³-hybridized carbons (Fsp3) is 0.333. The highest BCUT2D eigenvalue weighted by Gasteiger charge is 2.32. The molecule has 1 aliphatic rings. The normalized spacial score (nSPS) is 12.8. The predicted octanol–water partition coefficient (Wildman–Crippen LogP) is 4.64. The van der Waals surface area contributed by atoms with Crippen LogP contribution in [0.1, 0.15) is 53.0 Å². The lowest BCUT2D eigenvalue weighted by atomic mass is 10.1. The van der Waals surface area contributed by atoms with Crippen molar-refractivity contribution in [3.8, 4) is 17.0 Å². The number of carbonyl (C=O) groups is 3. The molecule has 0 saturated heterocycles. The van der Waals surface area contributed by atoms with Gasteiger partial charge in [-0.2, -0.15) is 0 Å². The molecule has 0 fully saturated rings. The minimum Gasteiger partial charge on any atom is -0.496 e. The van der Waals surface area contributed by atoms with Crippen LogP contribution < -0.4 is 9.64 Å². The quantitative estimate of drug-likeness (QED) is 0.492. The highest BCUT2D eigenvalue weighted by atomic mass is 16.6. The molecule has 0 unspecified atom stereocenters. The van der Waals surface area contributed by atoms with E-state index in [-0.39, 0.29) is 17.2 Å². The lowest BCUT2D eigenvalue weighted by Gasteiger charge is -2.24. The summed E-state index contributed by atoms with van der Waals surface area (Å²) in [6, 6.07) is 12.0. The van der Waals surface area contributed by atoms with Crippen LogP contribution in [0.3, 0.4) is 0 Å². The zero-order chi connectivity index (χ0) is 26.2. The first kappa shape index (κ1) is 25.0. The largest absolute Gasteiger partial charge is 0.496 e. The van der Waals surface area contributed by atoms with Crippen molar-refractivity contribution in [2.24, 2.45) is 0 Å². The maximum absolute atomic E-state index is 13.7. The molecule has 4 rings (SSSR count).